The van der Waals surface area contributed by atoms with Gasteiger partial charge in [0.1, 0.15) is 18.1 Å². The number of ether oxygens (including phenoxy) is 2. The Morgan fingerprint density at radius 1 is 1.06 bits per heavy atom. The van der Waals surface area contributed by atoms with Gasteiger partial charge >= 0.3 is 0 Å². The molecule has 186 valence electrons. The van der Waals surface area contributed by atoms with Gasteiger partial charge in [0.15, 0.2) is 0 Å². The third-order valence-electron chi connectivity index (χ3n) is 6.19. The van der Waals surface area contributed by atoms with E-state index in [-0.39, 0.29) is 12.0 Å². The van der Waals surface area contributed by atoms with Crippen LogP contribution in [0.15, 0.2) is 60.9 Å². The van der Waals surface area contributed by atoms with Gasteiger partial charge in [-0.05, 0) is 50.6 Å². The van der Waals surface area contributed by atoms with Crippen molar-refractivity contribution in [1.29, 1.82) is 0 Å². The zero-order chi connectivity index (χ0) is 24.6. The van der Waals surface area contributed by atoms with Gasteiger partial charge in [-0.3, -0.25) is 14.4 Å². The van der Waals surface area contributed by atoms with E-state index in [2.05, 4.69) is 28.2 Å². The maximum absolute atomic E-state index is 13.0. The molecule has 3 aromatic rings. The average molecular weight is 477 g/mol. The molecule has 1 aliphatic heterocycles. The summed E-state index contributed by atoms with van der Waals surface area (Å²) >= 11 is 0. The number of hydrogen-bond acceptors (Lipinski definition) is 5. The van der Waals surface area contributed by atoms with Crippen molar-refractivity contribution >= 4 is 5.91 Å². The lowest BCUT2D eigenvalue weighted by Crippen LogP contribution is -2.39. The zero-order valence-electron chi connectivity index (χ0n) is 21.0. The Labute approximate surface area is 208 Å². The molecule has 0 bridgehead atoms. The average Bonchev–Trinajstić information content (AvgIpc) is 3.33. The lowest BCUT2D eigenvalue weighted by atomic mass is 10.1. The fourth-order valence-corrected chi connectivity index (χ4v) is 4.39. The van der Waals surface area contributed by atoms with E-state index < -0.39 is 0 Å². The van der Waals surface area contributed by atoms with Gasteiger partial charge in [-0.25, -0.2) is 0 Å². The van der Waals surface area contributed by atoms with Crippen LogP contribution < -0.4 is 9.47 Å². The number of likely N-dealkylation sites (N-methyl/N-ethyl adjacent to an activating group) is 1. The second-order valence-electron chi connectivity index (χ2n) is 9.19. The normalized spacial score (nSPS) is 15.4. The molecule has 1 aliphatic rings. The Kier molecular flexibility index (Phi) is 8.42. The van der Waals surface area contributed by atoms with Crippen LogP contribution in [0.1, 0.15) is 37.5 Å². The fraction of sp³-hybridized carbons (Fsp3) is 0.429. The first-order valence-electron chi connectivity index (χ1n) is 12.5. The smallest absolute Gasteiger partial charge is 0.227 e. The van der Waals surface area contributed by atoms with Gasteiger partial charge in [-0.2, -0.15) is 5.10 Å². The topological polar surface area (TPSA) is 59.8 Å². The summed E-state index contributed by atoms with van der Waals surface area (Å²) in [5.74, 6) is 1.83. The first-order chi connectivity index (χ1) is 17.0. The van der Waals surface area contributed by atoms with Crippen molar-refractivity contribution in [3.63, 3.8) is 0 Å². The third-order valence-corrected chi connectivity index (χ3v) is 6.19. The number of hydrogen-bond donors (Lipinski definition) is 0. The molecule has 0 aliphatic carbocycles. The third kappa shape index (κ3) is 6.85. The van der Waals surface area contributed by atoms with Gasteiger partial charge < -0.3 is 14.4 Å². The van der Waals surface area contributed by atoms with Crippen LogP contribution in [0.3, 0.4) is 0 Å². The minimum absolute atomic E-state index is 0.0980. The van der Waals surface area contributed by atoms with Crippen LogP contribution in [0, 0.1) is 0 Å². The summed E-state index contributed by atoms with van der Waals surface area (Å²) in [6.45, 7) is 11.1. The highest BCUT2D eigenvalue weighted by Gasteiger charge is 2.19. The number of carbonyl (C=O) groups excluding carboxylic acids is 1. The number of rotatable bonds is 7. The van der Waals surface area contributed by atoms with Crippen molar-refractivity contribution < 1.29 is 14.3 Å². The summed E-state index contributed by atoms with van der Waals surface area (Å²) in [5.41, 5.74) is 3.26. The molecule has 0 N–H and O–H groups in total. The van der Waals surface area contributed by atoms with Crippen molar-refractivity contribution in [2.45, 2.75) is 46.4 Å². The molecule has 0 fully saturated rings. The van der Waals surface area contributed by atoms with Gasteiger partial charge in [-0.1, -0.05) is 24.3 Å². The standard InChI is InChI=1S/C28H36N4O3/c1-4-31-15-14-30(16-17-34-26-9-6-5-8-24(26)19-28(31)33)20-23-10-11-27(35-22(2)3)25(18-23)21-32-13-7-12-29-32/h5-13,18,22H,4,14-17,19-21H2,1-3H3. The van der Waals surface area contributed by atoms with Crippen LogP contribution in [0.25, 0.3) is 0 Å². The van der Waals surface area contributed by atoms with E-state index >= 15 is 0 Å². The predicted octanol–water partition coefficient (Wildman–Crippen LogP) is 4.00. The number of para-hydroxylation sites is 1. The van der Waals surface area contributed by atoms with Crippen LogP contribution in [-0.2, 0) is 24.3 Å². The molecule has 35 heavy (non-hydrogen) atoms. The molecular weight excluding hydrogens is 440 g/mol. The van der Waals surface area contributed by atoms with E-state index in [9.17, 15) is 4.79 Å². The van der Waals surface area contributed by atoms with Crippen LogP contribution >= 0.6 is 0 Å². The molecule has 1 aromatic heterocycles. The fourth-order valence-electron chi connectivity index (χ4n) is 4.39. The zero-order valence-corrected chi connectivity index (χ0v) is 21.0. The lowest BCUT2D eigenvalue weighted by molar-refractivity contribution is -0.130. The Balaban J connectivity index is 1.53. The molecule has 7 nitrogen and oxygen atoms in total. The molecule has 1 amide bonds. The molecule has 7 heteroatoms. The molecule has 2 heterocycles. The van der Waals surface area contributed by atoms with E-state index in [0.717, 1.165) is 42.3 Å². The highest BCUT2D eigenvalue weighted by molar-refractivity contribution is 5.79. The summed E-state index contributed by atoms with van der Waals surface area (Å²) in [5, 5.41) is 4.37. The number of nitrogens with zero attached hydrogens (tertiary/aromatic N) is 4. The van der Waals surface area contributed by atoms with Crippen LogP contribution in [0.4, 0.5) is 0 Å². The second-order valence-corrected chi connectivity index (χ2v) is 9.19. The minimum atomic E-state index is 0.0980. The van der Waals surface area contributed by atoms with E-state index in [1.54, 1.807) is 6.20 Å². The van der Waals surface area contributed by atoms with E-state index in [4.69, 9.17) is 9.47 Å². The Bertz CT molecular complexity index is 1100. The monoisotopic (exact) mass is 476 g/mol. The number of benzene rings is 2. The maximum atomic E-state index is 13.0. The highest BCUT2D eigenvalue weighted by Crippen LogP contribution is 2.24. The largest absolute Gasteiger partial charge is 0.492 e. The molecule has 0 unspecified atom stereocenters. The number of carbonyl (C=O) groups is 1. The second kappa shape index (κ2) is 11.9. The summed E-state index contributed by atoms with van der Waals surface area (Å²) in [4.78, 5) is 17.3. The van der Waals surface area contributed by atoms with Crippen molar-refractivity contribution in [3.05, 3.63) is 77.6 Å². The van der Waals surface area contributed by atoms with Gasteiger partial charge in [-0.15, -0.1) is 0 Å². The van der Waals surface area contributed by atoms with Crippen LogP contribution in [0.2, 0.25) is 0 Å². The van der Waals surface area contributed by atoms with Crippen molar-refractivity contribution in [3.8, 4) is 11.5 Å². The molecule has 2 aromatic carbocycles. The molecule has 0 saturated heterocycles. The summed E-state index contributed by atoms with van der Waals surface area (Å²) < 4.78 is 14.1. The molecule has 0 saturated carbocycles. The Morgan fingerprint density at radius 3 is 2.69 bits per heavy atom. The van der Waals surface area contributed by atoms with Gasteiger partial charge in [0, 0.05) is 56.2 Å². The van der Waals surface area contributed by atoms with Crippen molar-refractivity contribution in [2.24, 2.45) is 0 Å². The molecule has 0 radical (unpaired) electrons. The van der Waals surface area contributed by atoms with Gasteiger partial charge in [0.2, 0.25) is 5.91 Å². The van der Waals surface area contributed by atoms with E-state index in [0.29, 0.717) is 32.7 Å². The van der Waals surface area contributed by atoms with E-state index in [1.165, 1.54) is 5.56 Å². The molecular formula is C28H36N4O3. The first-order valence-corrected chi connectivity index (χ1v) is 12.5. The quantitative estimate of drug-likeness (QED) is 0.516. The van der Waals surface area contributed by atoms with Crippen LogP contribution in [-0.4, -0.2) is 64.4 Å². The summed E-state index contributed by atoms with van der Waals surface area (Å²) in [6.07, 6.45) is 4.23. The number of aromatic nitrogens is 2. The lowest BCUT2D eigenvalue weighted by Gasteiger charge is -2.27. The van der Waals surface area contributed by atoms with Gasteiger partial charge in [0.05, 0.1) is 19.1 Å². The molecule has 0 spiro atoms. The summed E-state index contributed by atoms with van der Waals surface area (Å²) in [6, 6.07) is 16.2. The number of fused-ring (bicyclic) bond motifs is 1. The van der Waals surface area contributed by atoms with Crippen molar-refractivity contribution in [2.75, 3.05) is 32.8 Å². The Morgan fingerprint density at radius 2 is 1.91 bits per heavy atom. The maximum Gasteiger partial charge on any atom is 0.227 e. The van der Waals surface area contributed by atoms with E-state index in [1.807, 2.05) is 66.9 Å². The van der Waals surface area contributed by atoms with Crippen LogP contribution in [0.5, 0.6) is 11.5 Å². The Hall–Kier alpha value is -3.32. The van der Waals surface area contributed by atoms with Crippen molar-refractivity contribution in [1.82, 2.24) is 19.6 Å². The molecule has 4 rings (SSSR count). The number of amides is 1. The summed E-state index contributed by atoms with van der Waals surface area (Å²) in [7, 11) is 0. The highest BCUT2D eigenvalue weighted by atomic mass is 16.5. The predicted molar refractivity (Wildman–Crippen MR) is 137 cm³/mol. The SMILES string of the molecule is CCN1CCN(Cc2ccc(OC(C)C)c(Cn3cccn3)c2)CCOc2ccccc2CC1=O. The van der Waals surface area contributed by atoms with Gasteiger partial charge in [0.25, 0.3) is 0 Å². The minimum Gasteiger partial charge on any atom is -0.492 e. The molecule has 0 atom stereocenters. The first kappa shape index (κ1) is 24.8.